The molecule has 6 heteroatoms. The zero-order chi connectivity index (χ0) is 22.1. The molecule has 3 heterocycles. The third-order valence-corrected chi connectivity index (χ3v) is 6.08. The minimum Gasteiger partial charge on any atom is -0.493 e. The summed E-state index contributed by atoms with van der Waals surface area (Å²) < 4.78 is 12.7. The molecule has 1 atom stereocenters. The molecule has 1 aliphatic heterocycles. The van der Waals surface area contributed by atoms with E-state index >= 15 is 0 Å². The summed E-state index contributed by atoms with van der Waals surface area (Å²) in [6, 6.07) is 21.9. The number of aromatic nitrogens is 2. The van der Waals surface area contributed by atoms with Crippen LogP contribution in [0.4, 0.5) is 0 Å². The Labute approximate surface area is 186 Å². The zero-order valence-electron chi connectivity index (χ0n) is 18.2. The average molecular weight is 428 g/mol. The van der Waals surface area contributed by atoms with Crippen molar-refractivity contribution >= 4 is 5.65 Å². The van der Waals surface area contributed by atoms with Crippen LogP contribution in [0.15, 0.2) is 77.7 Å². The smallest absolute Gasteiger partial charge is 0.258 e. The van der Waals surface area contributed by atoms with Crippen LogP contribution in [0.2, 0.25) is 0 Å². The van der Waals surface area contributed by atoms with Gasteiger partial charge in [0.25, 0.3) is 5.56 Å². The van der Waals surface area contributed by atoms with E-state index in [4.69, 9.17) is 14.5 Å². The second-order valence-electron chi connectivity index (χ2n) is 7.95. The number of benzene rings is 2. The van der Waals surface area contributed by atoms with Crippen LogP contribution in [0.1, 0.15) is 28.4 Å². The molecule has 2 aromatic carbocycles. The van der Waals surface area contributed by atoms with E-state index in [-0.39, 0.29) is 11.6 Å². The van der Waals surface area contributed by atoms with E-state index in [1.165, 1.54) is 16.7 Å². The number of ether oxygens (including phenoxy) is 2. The molecule has 0 saturated heterocycles. The summed E-state index contributed by atoms with van der Waals surface area (Å²) >= 11 is 0. The maximum absolute atomic E-state index is 12.6. The molecule has 1 unspecified atom stereocenters. The summed E-state index contributed by atoms with van der Waals surface area (Å²) in [5.41, 5.74) is 5.00. The molecule has 162 valence electrons. The number of fused-ring (bicyclic) bond motifs is 2. The highest BCUT2D eigenvalue weighted by Crippen LogP contribution is 2.41. The van der Waals surface area contributed by atoms with Crippen molar-refractivity contribution in [2.75, 3.05) is 20.8 Å². The SMILES string of the molecule is COc1cc2c(cc1OC)C(c1ccccc1)N(Cc1cc(=O)n3ccccc3n1)CC2. The van der Waals surface area contributed by atoms with E-state index in [9.17, 15) is 4.79 Å². The average Bonchev–Trinajstić information content (AvgIpc) is 2.83. The molecule has 0 saturated carbocycles. The number of pyridine rings is 1. The molecule has 0 spiro atoms. The van der Waals surface area contributed by atoms with Crippen LogP contribution in [-0.2, 0) is 13.0 Å². The van der Waals surface area contributed by atoms with Gasteiger partial charge in [-0.05, 0) is 47.4 Å². The van der Waals surface area contributed by atoms with Crippen molar-refractivity contribution in [3.8, 4) is 11.5 Å². The van der Waals surface area contributed by atoms with Crippen LogP contribution >= 0.6 is 0 Å². The molecule has 1 aliphatic rings. The van der Waals surface area contributed by atoms with E-state index in [0.29, 0.717) is 12.2 Å². The van der Waals surface area contributed by atoms with E-state index in [1.807, 2.05) is 24.3 Å². The molecular formula is C26H25N3O3. The quantitative estimate of drug-likeness (QED) is 0.484. The van der Waals surface area contributed by atoms with Crippen LogP contribution in [-0.4, -0.2) is 35.0 Å². The predicted molar refractivity (Wildman–Crippen MR) is 123 cm³/mol. The standard InChI is InChI=1S/C26H25N3O3/c1-31-22-14-19-11-13-28(17-20-15-25(30)29-12-7-6-10-24(29)27-20)26(18-8-4-3-5-9-18)21(19)16-23(22)32-2/h3-10,12,14-16,26H,11,13,17H2,1-2H3. The molecule has 0 bridgehead atoms. The normalized spacial score (nSPS) is 16.0. The van der Waals surface area contributed by atoms with Gasteiger partial charge in [-0.2, -0.15) is 0 Å². The molecule has 0 amide bonds. The molecule has 6 nitrogen and oxygen atoms in total. The molecule has 0 aliphatic carbocycles. The topological polar surface area (TPSA) is 56.1 Å². The Hall–Kier alpha value is -3.64. The summed E-state index contributed by atoms with van der Waals surface area (Å²) in [6.07, 6.45) is 2.63. The largest absolute Gasteiger partial charge is 0.493 e. The molecule has 4 aromatic rings. The van der Waals surface area contributed by atoms with Gasteiger partial charge >= 0.3 is 0 Å². The van der Waals surface area contributed by atoms with Crippen molar-refractivity contribution in [2.45, 2.75) is 19.0 Å². The van der Waals surface area contributed by atoms with Crippen LogP contribution in [0.25, 0.3) is 5.65 Å². The monoisotopic (exact) mass is 427 g/mol. The van der Waals surface area contributed by atoms with Gasteiger partial charge in [0.15, 0.2) is 11.5 Å². The van der Waals surface area contributed by atoms with Gasteiger partial charge in [-0.1, -0.05) is 36.4 Å². The highest BCUT2D eigenvalue weighted by atomic mass is 16.5. The molecule has 0 fully saturated rings. The minimum atomic E-state index is -0.0642. The lowest BCUT2D eigenvalue weighted by Gasteiger charge is -2.38. The first-order valence-corrected chi connectivity index (χ1v) is 10.7. The summed E-state index contributed by atoms with van der Waals surface area (Å²) in [5, 5.41) is 0. The lowest BCUT2D eigenvalue weighted by atomic mass is 9.87. The Morgan fingerprint density at radius 1 is 0.969 bits per heavy atom. The number of nitrogens with zero attached hydrogens (tertiary/aromatic N) is 3. The zero-order valence-corrected chi connectivity index (χ0v) is 18.2. The van der Waals surface area contributed by atoms with Gasteiger partial charge in [0, 0.05) is 25.4 Å². The van der Waals surface area contributed by atoms with E-state index < -0.39 is 0 Å². The Bertz CT molecular complexity index is 1320. The van der Waals surface area contributed by atoms with Crippen LogP contribution in [0.3, 0.4) is 0 Å². The minimum absolute atomic E-state index is 0.0239. The van der Waals surface area contributed by atoms with Crippen molar-refractivity contribution in [1.29, 1.82) is 0 Å². The van der Waals surface area contributed by atoms with Crippen molar-refractivity contribution < 1.29 is 9.47 Å². The maximum Gasteiger partial charge on any atom is 0.258 e. The van der Waals surface area contributed by atoms with Gasteiger partial charge in [0.2, 0.25) is 0 Å². The maximum atomic E-state index is 12.6. The van der Waals surface area contributed by atoms with Gasteiger partial charge in [-0.25, -0.2) is 4.98 Å². The van der Waals surface area contributed by atoms with Crippen LogP contribution in [0, 0.1) is 0 Å². The number of hydrogen-bond donors (Lipinski definition) is 0. The van der Waals surface area contributed by atoms with Crippen molar-refractivity contribution in [2.24, 2.45) is 0 Å². The highest BCUT2D eigenvalue weighted by molar-refractivity contribution is 5.51. The Balaban J connectivity index is 1.59. The lowest BCUT2D eigenvalue weighted by molar-refractivity contribution is 0.201. The fraction of sp³-hybridized carbons (Fsp3) is 0.231. The molecular weight excluding hydrogens is 402 g/mol. The van der Waals surface area contributed by atoms with Gasteiger partial charge in [0.05, 0.1) is 26.0 Å². The first kappa shape index (κ1) is 20.3. The fourth-order valence-corrected chi connectivity index (χ4v) is 4.59. The summed E-state index contributed by atoms with van der Waals surface area (Å²) in [4.78, 5) is 19.8. The van der Waals surface area contributed by atoms with Crippen molar-refractivity contribution in [3.63, 3.8) is 0 Å². The molecule has 32 heavy (non-hydrogen) atoms. The first-order chi connectivity index (χ1) is 15.7. The van der Waals surface area contributed by atoms with Crippen LogP contribution < -0.4 is 15.0 Å². The van der Waals surface area contributed by atoms with Crippen LogP contribution in [0.5, 0.6) is 11.5 Å². The van der Waals surface area contributed by atoms with Gasteiger partial charge in [0.1, 0.15) is 5.65 Å². The fourth-order valence-electron chi connectivity index (χ4n) is 4.59. The van der Waals surface area contributed by atoms with Gasteiger partial charge in [-0.3, -0.25) is 14.1 Å². The van der Waals surface area contributed by atoms with Crippen molar-refractivity contribution in [1.82, 2.24) is 14.3 Å². The van der Waals surface area contributed by atoms with Crippen molar-refractivity contribution in [3.05, 3.63) is 106 Å². The molecule has 0 radical (unpaired) electrons. The summed E-state index contributed by atoms with van der Waals surface area (Å²) in [5.74, 6) is 1.46. The molecule has 0 N–H and O–H groups in total. The summed E-state index contributed by atoms with van der Waals surface area (Å²) in [6.45, 7) is 1.42. The molecule has 5 rings (SSSR count). The number of rotatable bonds is 5. The second-order valence-corrected chi connectivity index (χ2v) is 7.95. The highest BCUT2D eigenvalue weighted by Gasteiger charge is 2.30. The van der Waals surface area contributed by atoms with Gasteiger partial charge < -0.3 is 9.47 Å². The second kappa shape index (κ2) is 8.48. The Morgan fingerprint density at radius 3 is 2.50 bits per heavy atom. The van der Waals surface area contributed by atoms with E-state index in [1.54, 1.807) is 30.9 Å². The van der Waals surface area contributed by atoms with E-state index in [2.05, 4.69) is 41.3 Å². The predicted octanol–water partition coefficient (Wildman–Crippen LogP) is 3.86. The van der Waals surface area contributed by atoms with Gasteiger partial charge in [-0.15, -0.1) is 0 Å². The molecule has 2 aromatic heterocycles. The summed E-state index contributed by atoms with van der Waals surface area (Å²) in [7, 11) is 3.33. The first-order valence-electron chi connectivity index (χ1n) is 10.7. The number of methoxy groups -OCH3 is 2. The third-order valence-electron chi connectivity index (χ3n) is 6.08. The number of hydrogen-bond acceptors (Lipinski definition) is 5. The lowest BCUT2D eigenvalue weighted by Crippen LogP contribution is -2.36. The Kier molecular flexibility index (Phi) is 5.37. The third kappa shape index (κ3) is 3.63. The van der Waals surface area contributed by atoms with E-state index in [0.717, 1.165) is 30.2 Å². The Morgan fingerprint density at radius 2 is 1.72 bits per heavy atom.